The summed E-state index contributed by atoms with van der Waals surface area (Å²) in [6.45, 7) is 1.86. The maximum Gasteiger partial charge on any atom is 0.338 e. The molecule has 1 N–H and O–H groups in total. The molecular formula is C23H18BrN3O6S. The topological polar surface area (TPSA) is 124 Å². The van der Waals surface area contributed by atoms with Gasteiger partial charge in [-0.2, -0.15) is 0 Å². The Balaban J connectivity index is 2.02. The lowest BCUT2D eigenvalue weighted by Gasteiger charge is -2.25. The van der Waals surface area contributed by atoms with E-state index in [0.717, 1.165) is 11.3 Å². The highest BCUT2D eigenvalue weighted by Gasteiger charge is 2.33. The molecule has 0 radical (unpaired) electrons. The largest absolute Gasteiger partial charge is 0.502 e. The Labute approximate surface area is 205 Å². The summed E-state index contributed by atoms with van der Waals surface area (Å²) in [6, 6.07) is 11.0. The van der Waals surface area contributed by atoms with Gasteiger partial charge >= 0.3 is 11.7 Å². The number of allylic oxidation sites excluding steroid dienone is 1. The van der Waals surface area contributed by atoms with Gasteiger partial charge in [-0.1, -0.05) is 64.5 Å². The van der Waals surface area contributed by atoms with Crippen LogP contribution >= 0.6 is 27.3 Å². The minimum absolute atomic E-state index is 0.102. The van der Waals surface area contributed by atoms with E-state index in [1.54, 1.807) is 0 Å². The number of phenols is 1. The number of ether oxygens (including phenoxy) is 1. The number of nitro groups is 1. The van der Waals surface area contributed by atoms with Gasteiger partial charge in [-0.25, -0.2) is 9.79 Å². The lowest BCUT2D eigenvalue weighted by molar-refractivity contribution is -0.385. The minimum atomic E-state index is -0.757. The van der Waals surface area contributed by atoms with E-state index in [2.05, 4.69) is 20.9 Å². The van der Waals surface area contributed by atoms with Crippen molar-refractivity contribution in [1.82, 2.24) is 4.57 Å². The van der Waals surface area contributed by atoms with Crippen molar-refractivity contribution in [3.05, 3.63) is 99.1 Å². The Hall–Kier alpha value is -3.57. The summed E-state index contributed by atoms with van der Waals surface area (Å²) in [5.74, 6) is -1.13. The van der Waals surface area contributed by atoms with E-state index in [9.17, 15) is 24.8 Å². The molecule has 174 valence electrons. The predicted octanol–water partition coefficient (Wildman–Crippen LogP) is 3.17. The second-order valence-electron chi connectivity index (χ2n) is 7.32. The molecule has 1 aliphatic rings. The second kappa shape index (κ2) is 9.35. The van der Waals surface area contributed by atoms with Gasteiger partial charge in [0.05, 0.1) is 33.9 Å². The Morgan fingerprint density at radius 3 is 2.68 bits per heavy atom. The van der Waals surface area contributed by atoms with Gasteiger partial charge in [0.1, 0.15) is 0 Å². The first kappa shape index (κ1) is 23.6. The molecule has 1 aromatic heterocycles. The smallest absolute Gasteiger partial charge is 0.338 e. The molecule has 3 aromatic rings. The third-order valence-corrected chi connectivity index (χ3v) is 6.77. The number of aromatic hydroxyl groups is 1. The molecule has 34 heavy (non-hydrogen) atoms. The molecule has 0 unspecified atom stereocenters. The molecule has 1 aliphatic heterocycles. The third-order valence-electron chi connectivity index (χ3n) is 5.33. The average Bonchev–Trinajstić information content (AvgIpc) is 3.14. The van der Waals surface area contributed by atoms with E-state index < -0.39 is 33.9 Å². The number of nitro benzene ring substituents is 1. The molecule has 0 fully saturated rings. The van der Waals surface area contributed by atoms with Crippen LogP contribution in [-0.4, -0.2) is 27.7 Å². The van der Waals surface area contributed by atoms with Crippen LogP contribution in [0.4, 0.5) is 5.69 Å². The molecule has 1 atom stereocenters. The first-order chi connectivity index (χ1) is 16.3. The third kappa shape index (κ3) is 4.08. The summed E-state index contributed by atoms with van der Waals surface area (Å²) in [7, 11) is 1.28. The van der Waals surface area contributed by atoms with E-state index in [0.29, 0.717) is 27.0 Å². The van der Waals surface area contributed by atoms with Crippen molar-refractivity contribution in [2.24, 2.45) is 4.99 Å². The summed E-state index contributed by atoms with van der Waals surface area (Å²) in [5.41, 5.74) is 0.654. The lowest BCUT2D eigenvalue weighted by Crippen LogP contribution is -2.40. The molecule has 9 nitrogen and oxygen atoms in total. The monoisotopic (exact) mass is 543 g/mol. The van der Waals surface area contributed by atoms with E-state index in [1.807, 2.05) is 37.3 Å². The molecule has 4 rings (SSSR count). The second-order valence-corrected chi connectivity index (χ2v) is 9.24. The molecular weight excluding hydrogens is 526 g/mol. The number of nitrogens with zero attached hydrogens (tertiary/aromatic N) is 3. The fourth-order valence-corrected chi connectivity index (χ4v) is 5.28. The summed E-state index contributed by atoms with van der Waals surface area (Å²) in [6.07, 6.45) is 1.82. The highest BCUT2D eigenvalue weighted by atomic mass is 79.9. The number of hydrogen-bond donors (Lipinski definition) is 1. The zero-order valence-electron chi connectivity index (χ0n) is 18.0. The number of benzene rings is 2. The van der Waals surface area contributed by atoms with Crippen LogP contribution in [0.15, 0.2) is 68.0 Å². The molecule has 0 bridgehead atoms. The van der Waals surface area contributed by atoms with Gasteiger partial charge in [0.25, 0.3) is 5.56 Å². The standard InChI is InChI=1S/C23H18BrN3O6S/c1-3-15-18(22(30)33-2)19(12-7-5-4-6-8-12)26-21(29)17(34-23(26)25-15)10-13-9-14(24)11-16(20(13)28)27(31)32/h4-11,19,28H,3H2,1-2H3/b17-10+/t19-/m0/s1. The molecule has 0 saturated heterocycles. The van der Waals surface area contributed by atoms with Gasteiger partial charge in [0.15, 0.2) is 4.80 Å². The van der Waals surface area contributed by atoms with E-state index in [4.69, 9.17) is 4.74 Å². The van der Waals surface area contributed by atoms with Crippen LogP contribution in [0, 0.1) is 10.1 Å². The Bertz CT molecular complexity index is 1520. The number of esters is 1. The number of methoxy groups -OCH3 is 1. The lowest BCUT2D eigenvalue weighted by atomic mass is 9.95. The summed E-state index contributed by atoms with van der Waals surface area (Å²) < 4.78 is 7.01. The number of fused-ring (bicyclic) bond motifs is 1. The number of hydrogen-bond acceptors (Lipinski definition) is 8. The maximum absolute atomic E-state index is 13.5. The first-order valence-corrected chi connectivity index (χ1v) is 11.7. The number of carbonyl (C=O) groups excluding carboxylic acids is 1. The van der Waals surface area contributed by atoms with E-state index in [-0.39, 0.29) is 15.7 Å². The summed E-state index contributed by atoms with van der Waals surface area (Å²) >= 11 is 4.27. The fraction of sp³-hybridized carbons (Fsp3) is 0.174. The highest BCUT2D eigenvalue weighted by Crippen LogP contribution is 2.34. The number of rotatable bonds is 5. The van der Waals surface area contributed by atoms with Gasteiger partial charge in [-0.15, -0.1) is 0 Å². The Morgan fingerprint density at radius 1 is 1.35 bits per heavy atom. The first-order valence-electron chi connectivity index (χ1n) is 10.1. The van der Waals surface area contributed by atoms with Crippen molar-refractivity contribution in [3.8, 4) is 5.75 Å². The summed E-state index contributed by atoms with van der Waals surface area (Å²) in [5, 5.41) is 21.7. The quantitative estimate of drug-likeness (QED) is 0.299. The Kier molecular flexibility index (Phi) is 6.49. The van der Waals surface area contributed by atoms with Gasteiger partial charge in [0, 0.05) is 16.1 Å². The normalized spacial score (nSPS) is 15.6. The predicted molar refractivity (Wildman–Crippen MR) is 129 cm³/mol. The van der Waals surface area contributed by atoms with Crippen LogP contribution in [0.25, 0.3) is 6.08 Å². The van der Waals surface area contributed by atoms with Crippen molar-refractivity contribution in [2.45, 2.75) is 19.4 Å². The number of phenolic OH excluding ortho intramolecular Hbond substituents is 1. The van der Waals surface area contributed by atoms with Crippen molar-refractivity contribution in [1.29, 1.82) is 0 Å². The maximum atomic E-state index is 13.5. The highest BCUT2D eigenvalue weighted by molar-refractivity contribution is 9.10. The molecule has 0 saturated carbocycles. The van der Waals surface area contributed by atoms with Gasteiger partial charge in [-0.05, 0) is 24.1 Å². The summed E-state index contributed by atoms with van der Waals surface area (Å²) in [4.78, 5) is 41.8. The van der Waals surface area contributed by atoms with Gasteiger partial charge in [-0.3, -0.25) is 19.5 Å². The van der Waals surface area contributed by atoms with Crippen LogP contribution < -0.4 is 14.9 Å². The Morgan fingerprint density at radius 2 is 2.06 bits per heavy atom. The zero-order chi connectivity index (χ0) is 24.6. The van der Waals surface area contributed by atoms with Crippen LogP contribution in [0.3, 0.4) is 0 Å². The zero-order valence-corrected chi connectivity index (χ0v) is 20.4. The van der Waals surface area contributed by atoms with Gasteiger partial charge < -0.3 is 9.84 Å². The van der Waals surface area contributed by atoms with Crippen LogP contribution in [0.5, 0.6) is 5.75 Å². The number of aromatic nitrogens is 1. The van der Waals surface area contributed by atoms with Crippen LogP contribution in [0.1, 0.15) is 30.5 Å². The molecule has 0 spiro atoms. The van der Waals surface area contributed by atoms with E-state index >= 15 is 0 Å². The van der Waals surface area contributed by atoms with Crippen molar-refractivity contribution in [3.63, 3.8) is 0 Å². The molecule has 0 amide bonds. The van der Waals surface area contributed by atoms with Crippen molar-refractivity contribution in [2.75, 3.05) is 7.11 Å². The fourth-order valence-electron chi connectivity index (χ4n) is 3.81. The average molecular weight is 544 g/mol. The van der Waals surface area contributed by atoms with Crippen LogP contribution in [0.2, 0.25) is 0 Å². The SMILES string of the molecule is CCC1=C(C(=O)OC)[C@H](c2ccccc2)n2c(s/c(=C/c3cc(Br)cc([N+](=O)[O-])c3O)c2=O)=N1. The molecule has 11 heteroatoms. The van der Waals surface area contributed by atoms with Crippen molar-refractivity contribution >= 4 is 45.0 Å². The number of carbonyl (C=O) groups is 1. The molecule has 0 aliphatic carbocycles. The van der Waals surface area contributed by atoms with Gasteiger partial charge in [0.2, 0.25) is 5.75 Å². The van der Waals surface area contributed by atoms with E-state index in [1.165, 1.54) is 29.9 Å². The molecule has 2 aromatic carbocycles. The van der Waals surface area contributed by atoms with Crippen molar-refractivity contribution < 1.29 is 19.6 Å². The molecule has 2 heterocycles. The number of halogens is 1. The number of thiazole rings is 1. The minimum Gasteiger partial charge on any atom is -0.502 e. The van der Waals surface area contributed by atoms with Crippen LogP contribution in [-0.2, 0) is 9.53 Å².